The number of nitrogens with two attached hydrogens (primary N) is 1. The van der Waals surface area contributed by atoms with Gasteiger partial charge < -0.3 is 26.2 Å². The van der Waals surface area contributed by atoms with Gasteiger partial charge in [-0.05, 0) is 0 Å². The zero-order chi connectivity index (χ0) is 14.0. The van der Waals surface area contributed by atoms with E-state index in [1.807, 2.05) is 0 Å². The molecule has 1 atom stereocenters. The largest absolute Gasteiger partial charge is 0.481 e. The molecule has 0 saturated carbocycles. The zero-order valence-corrected chi connectivity index (χ0v) is 8.70. The number of aliphatic carboxylic acids is 4. The fraction of sp³-hybridized carbons (Fsp3) is 0.500. The lowest BCUT2D eigenvalue weighted by atomic mass is 10.2. The highest BCUT2D eigenvalue weighted by atomic mass is 16.4. The van der Waals surface area contributed by atoms with Crippen LogP contribution < -0.4 is 5.73 Å². The minimum Gasteiger partial charge on any atom is -0.481 e. The first-order valence-electron chi connectivity index (χ1n) is 4.30. The summed E-state index contributed by atoms with van der Waals surface area (Å²) in [5.74, 6) is -4.65. The topological polar surface area (TPSA) is 175 Å². The fourth-order valence-corrected chi connectivity index (χ4v) is 0.489. The van der Waals surface area contributed by atoms with Crippen LogP contribution in [0.5, 0.6) is 0 Å². The molecular weight excluding hydrogens is 238 g/mol. The minimum atomic E-state index is -1.29. The summed E-state index contributed by atoms with van der Waals surface area (Å²) in [7, 11) is 0. The monoisotopic (exact) mass is 251 g/mol. The summed E-state index contributed by atoms with van der Waals surface area (Å²) in [6.45, 7) is 0. The molecule has 0 aliphatic heterocycles. The fourth-order valence-electron chi connectivity index (χ4n) is 0.489. The van der Waals surface area contributed by atoms with Crippen LogP contribution in [0.15, 0.2) is 0 Å². The van der Waals surface area contributed by atoms with Crippen LogP contribution in [0.25, 0.3) is 0 Å². The van der Waals surface area contributed by atoms with E-state index in [1.165, 1.54) is 0 Å². The summed E-state index contributed by atoms with van der Waals surface area (Å²) in [6.07, 6.45) is -1.13. The molecule has 9 nitrogen and oxygen atoms in total. The Labute approximate surface area is 95.5 Å². The first-order valence-corrected chi connectivity index (χ1v) is 4.30. The summed E-state index contributed by atoms with van der Waals surface area (Å²) >= 11 is 0. The highest BCUT2D eigenvalue weighted by Crippen LogP contribution is 1.86. The molecule has 0 rings (SSSR count). The lowest BCUT2D eigenvalue weighted by molar-refractivity contribution is -0.144. The van der Waals surface area contributed by atoms with Gasteiger partial charge in [0.15, 0.2) is 0 Å². The van der Waals surface area contributed by atoms with E-state index in [9.17, 15) is 19.2 Å². The number of rotatable bonds is 6. The molecule has 0 saturated heterocycles. The first kappa shape index (κ1) is 17.2. The molecule has 0 radical (unpaired) electrons. The second-order valence-electron chi connectivity index (χ2n) is 2.83. The van der Waals surface area contributed by atoms with Crippen molar-refractivity contribution in [2.45, 2.75) is 25.3 Å². The van der Waals surface area contributed by atoms with Crippen LogP contribution >= 0.6 is 0 Å². The second-order valence-corrected chi connectivity index (χ2v) is 2.83. The van der Waals surface area contributed by atoms with Crippen molar-refractivity contribution in [3.05, 3.63) is 0 Å². The maximum absolute atomic E-state index is 9.85. The molecule has 1 unspecified atom stereocenters. The molecule has 0 heterocycles. The predicted molar refractivity (Wildman–Crippen MR) is 52.4 cm³/mol. The van der Waals surface area contributed by atoms with E-state index in [0.29, 0.717) is 0 Å². The van der Waals surface area contributed by atoms with Gasteiger partial charge in [-0.25, -0.2) is 0 Å². The lowest BCUT2D eigenvalue weighted by Crippen LogP contribution is -2.32. The summed E-state index contributed by atoms with van der Waals surface area (Å²) in [4.78, 5) is 38.9. The Morgan fingerprint density at radius 2 is 1.18 bits per heavy atom. The van der Waals surface area contributed by atoms with Crippen LogP contribution in [0, 0.1) is 0 Å². The number of carboxylic acid groups (broad SMARTS) is 4. The molecule has 0 aliphatic carbocycles. The van der Waals surface area contributed by atoms with Gasteiger partial charge in [0, 0.05) is 0 Å². The Morgan fingerprint density at radius 3 is 1.29 bits per heavy atom. The summed E-state index contributed by atoms with van der Waals surface area (Å²) in [5, 5.41) is 31.8. The summed E-state index contributed by atoms with van der Waals surface area (Å²) in [6, 6.07) is -1.29. The van der Waals surface area contributed by atoms with Crippen molar-refractivity contribution in [3.63, 3.8) is 0 Å². The summed E-state index contributed by atoms with van der Waals surface area (Å²) in [5.41, 5.74) is 4.84. The first-order chi connectivity index (χ1) is 7.66. The van der Waals surface area contributed by atoms with Crippen molar-refractivity contribution < 1.29 is 39.6 Å². The SMILES string of the molecule is NC(CC(=O)O)C(=O)O.O=C(O)CCC(=O)O. The van der Waals surface area contributed by atoms with Crippen LogP contribution in [0.2, 0.25) is 0 Å². The average molecular weight is 251 g/mol. The average Bonchev–Trinajstić information content (AvgIpc) is 2.14. The van der Waals surface area contributed by atoms with Crippen LogP contribution in [0.3, 0.4) is 0 Å². The van der Waals surface area contributed by atoms with Crippen molar-refractivity contribution >= 4 is 23.9 Å². The van der Waals surface area contributed by atoms with Gasteiger partial charge in [-0.2, -0.15) is 0 Å². The molecule has 9 heteroatoms. The van der Waals surface area contributed by atoms with Crippen molar-refractivity contribution in [2.75, 3.05) is 0 Å². The van der Waals surface area contributed by atoms with E-state index in [0.717, 1.165) is 0 Å². The van der Waals surface area contributed by atoms with Gasteiger partial charge in [0.25, 0.3) is 0 Å². The normalized spacial score (nSPS) is 10.6. The predicted octanol–water partition coefficient (Wildman–Crippen LogP) is -1.19. The van der Waals surface area contributed by atoms with Crippen LogP contribution in [-0.2, 0) is 19.2 Å². The molecular formula is C8H13NO8. The molecule has 0 aliphatic rings. The molecule has 0 amide bonds. The Bertz CT molecular complexity index is 286. The smallest absolute Gasteiger partial charge is 0.321 e. The molecule has 0 aromatic heterocycles. The summed E-state index contributed by atoms with van der Waals surface area (Å²) < 4.78 is 0. The van der Waals surface area contributed by atoms with E-state index >= 15 is 0 Å². The molecule has 98 valence electrons. The van der Waals surface area contributed by atoms with E-state index in [-0.39, 0.29) is 12.8 Å². The van der Waals surface area contributed by atoms with Crippen molar-refractivity contribution in [2.24, 2.45) is 5.73 Å². The number of hydrogen-bond acceptors (Lipinski definition) is 5. The quantitative estimate of drug-likeness (QED) is 0.388. The zero-order valence-electron chi connectivity index (χ0n) is 8.70. The van der Waals surface area contributed by atoms with Gasteiger partial charge in [-0.15, -0.1) is 0 Å². The maximum atomic E-state index is 9.85. The molecule has 0 aromatic rings. The van der Waals surface area contributed by atoms with Gasteiger partial charge in [-0.1, -0.05) is 0 Å². The number of carboxylic acids is 4. The third kappa shape index (κ3) is 16.5. The molecule has 6 N–H and O–H groups in total. The third-order valence-corrected chi connectivity index (χ3v) is 1.26. The van der Waals surface area contributed by atoms with Crippen molar-refractivity contribution in [1.82, 2.24) is 0 Å². The Morgan fingerprint density at radius 1 is 0.824 bits per heavy atom. The van der Waals surface area contributed by atoms with Crippen molar-refractivity contribution in [3.8, 4) is 0 Å². The van der Waals surface area contributed by atoms with Crippen LogP contribution in [-0.4, -0.2) is 50.3 Å². The molecule has 17 heavy (non-hydrogen) atoms. The van der Waals surface area contributed by atoms with E-state index in [1.54, 1.807) is 0 Å². The molecule has 0 spiro atoms. The Hall–Kier alpha value is -2.16. The van der Waals surface area contributed by atoms with E-state index in [2.05, 4.69) is 0 Å². The highest BCUT2D eigenvalue weighted by Gasteiger charge is 2.14. The van der Waals surface area contributed by atoms with E-state index in [4.69, 9.17) is 26.2 Å². The second kappa shape index (κ2) is 9.09. The minimum absolute atomic E-state index is 0.296. The highest BCUT2D eigenvalue weighted by molar-refractivity contribution is 5.80. The third-order valence-electron chi connectivity index (χ3n) is 1.26. The Balaban J connectivity index is 0. The molecule has 0 fully saturated rings. The standard InChI is InChI=1S/C4H7NO4.C4H6O4/c5-2(4(8)9)1-3(6)7;5-3(6)1-2-4(7)8/h2H,1,5H2,(H,6,7)(H,8,9);1-2H2,(H,5,6)(H,7,8). The van der Waals surface area contributed by atoms with Gasteiger partial charge in [-0.3, -0.25) is 19.2 Å². The Kier molecular flexibility index (Phi) is 9.22. The van der Waals surface area contributed by atoms with Crippen LogP contribution in [0.4, 0.5) is 0 Å². The van der Waals surface area contributed by atoms with Gasteiger partial charge in [0.2, 0.25) is 0 Å². The maximum Gasteiger partial charge on any atom is 0.321 e. The van der Waals surface area contributed by atoms with Crippen LogP contribution in [0.1, 0.15) is 19.3 Å². The molecule has 0 bridgehead atoms. The molecule has 0 aromatic carbocycles. The lowest BCUT2D eigenvalue weighted by Gasteiger charge is -1.99. The number of hydrogen-bond donors (Lipinski definition) is 5. The van der Waals surface area contributed by atoms with Crippen molar-refractivity contribution in [1.29, 1.82) is 0 Å². The van der Waals surface area contributed by atoms with E-state index < -0.39 is 36.3 Å². The van der Waals surface area contributed by atoms with Gasteiger partial charge >= 0.3 is 23.9 Å². The van der Waals surface area contributed by atoms with Gasteiger partial charge in [0.05, 0.1) is 19.3 Å². The van der Waals surface area contributed by atoms with Gasteiger partial charge in [0.1, 0.15) is 6.04 Å². The number of carbonyl (C=O) groups is 4.